The Morgan fingerprint density at radius 3 is 2.88 bits per heavy atom. The second-order valence-electron chi connectivity index (χ2n) is 4.37. The Kier molecular flexibility index (Phi) is 3.93. The maximum absolute atomic E-state index is 9.77. The molecule has 0 aromatic heterocycles. The topological polar surface area (TPSA) is 52.5 Å². The van der Waals surface area contributed by atoms with Crippen LogP contribution < -0.4 is 5.32 Å². The lowest BCUT2D eigenvalue weighted by molar-refractivity contribution is 0.0944. The van der Waals surface area contributed by atoms with Crippen LogP contribution in [-0.2, 0) is 0 Å². The van der Waals surface area contributed by atoms with Crippen molar-refractivity contribution >= 4 is 0 Å². The predicted octanol–water partition coefficient (Wildman–Crippen LogP) is 1.18. The third-order valence-corrected chi connectivity index (χ3v) is 3.26. The van der Waals surface area contributed by atoms with Crippen LogP contribution in [0.2, 0.25) is 0 Å². The van der Waals surface area contributed by atoms with Crippen LogP contribution in [0.3, 0.4) is 0 Å². The van der Waals surface area contributed by atoms with Crippen molar-refractivity contribution in [1.82, 2.24) is 5.32 Å². The zero-order valence-corrected chi connectivity index (χ0v) is 9.39. The van der Waals surface area contributed by atoms with Gasteiger partial charge in [0.15, 0.2) is 0 Å². The quantitative estimate of drug-likeness (QED) is 0.718. The summed E-state index contributed by atoms with van der Waals surface area (Å²) < 4.78 is 0. The summed E-state index contributed by atoms with van der Waals surface area (Å²) in [5, 5.41) is 22.2. The minimum atomic E-state index is -0.752. The maximum atomic E-state index is 9.77. The van der Waals surface area contributed by atoms with E-state index >= 15 is 0 Å². The van der Waals surface area contributed by atoms with Crippen molar-refractivity contribution in [3.8, 4) is 0 Å². The Morgan fingerprint density at radius 2 is 2.19 bits per heavy atom. The largest absolute Gasteiger partial charge is 0.393 e. The van der Waals surface area contributed by atoms with E-state index in [2.05, 4.69) is 11.4 Å². The highest BCUT2D eigenvalue weighted by Gasteiger charge is 2.20. The van der Waals surface area contributed by atoms with Gasteiger partial charge in [0, 0.05) is 6.54 Å². The molecule has 1 heterocycles. The van der Waals surface area contributed by atoms with Gasteiger partial charge in [0.1, 0.15) is 6.10 Å². The van der Waals surface area contributed by atoms with E-state index < -0.39 is 6.10 Å². The van der Waals surface area contributed by atoms with Crippen LogP contribution in [-0.4, -0.2) is 29.9 Å². The number of piperidine rings is 1. The van der Waals surface area contributed by atoms with Gasteiger partial charge in [-0.05, 0) is 36.4 Å². The minimum absolute atomic E-state index is 0.211. The molecule has 2 unspecified atom stereocenters. The first kappa shape index (κ1) is 11.6. The van der Waals surface area contributed by atoms with Crippen molar-refractivity contribution in [3.05, 3.63) is 35.4 Å². The summed E-state index contributed by atoms with van der Waals surface area (Å²) in [5.74, 6) is 0.464. The van der Waals surface area contributed by atoms with Gasteiger partial charge in [-0.25, -0.2) is 0 Å². The van der Waals surface area contributed by atoms with Crippen molar-refractivity contribution in [1.29, 1.82) is 0 Å². The predicted molar refractivity (Wildman–Crippen MR) is 63.3 cm³/mol. The van der Waals surface area contributed by atoms with Crippen LogP contribution in [0.5, 0.6) is 0 Å². The van der Waals surface area contributed by atoms with E-state index in [1.165, 1.54) is 12.0 Å². The monoisotopic (exact) mass is 221 g/mol. The van der Waals surface area contributed by atoms with E-state index in [-0.39, 0.29) is 6.61 Å². The lowest BCUT2D eigenvalue weighted by Gasteiger charge is -2.26. The van der Waals surface area contributed by atoms with Gasteiger partial charge in [0.2, 0.25) is 0 Å². The second-order valence-corrected chi connectivity index (χ2v) is 4.37. The van der Waals surface area contributed by atoms with E-state index in [1.807, 2.05) is 18.2 Å². The molecule has 0 bridgehead atoms. The summed E-state index contributed by atoms with van der Waals surface area (Å²) in [5.41, 5.74) is 2.05. The van der Waals surface area contributed by atoms with Gasteiger partial charge in [-0.15, -0.1) is 0 Å². The van der Waals surface area contributed by atoms with Crippen molar-refractivity contribution in [3.63, 3.8) is 0 Å². The fraction of sp³-hybridized carbons (Fsp3) is 0.538. The number of aliphatic hydroxyl groups excluding tert-OH is 2. The Bertz CT molecular complexity index is 334. The van der Waals surface area contributed by atoms with Gasteiger partial charge >= 0.3 is 0 Å². The Labute approximate surface area is 96.1 Å². The number of hydrogen-bond acceptors (Lipinski definition) is 3. The molecule has 0 amide bonds. The SMILES string of the molecule is OCC(O)c1ccccc1C1CCCNC1. The molecule has 2 atom stereocenters. The molecule has 1 aromatic carbocycles. The molecule has 2 rings (SSSR count). The van der Waals surface area contributed by atoms with Crippen molar-refractivity contribution in [2.75, 3.05) is 19.7 Å². The molecule has 0 aliphatic carbocycles. The average molecular weight is 221 g/mol. The van der Waals surface area contributed by atoms with Gasteiger partial charge in [-0.3, -0.25) is 0 Å². The summed E-state index contributed by atoms with van der Waals surface area (Å²) in [7, 11) is 0. The molecule has 0 spiro atoms. The lowest BCUT2D eigenvalue weighted by atomic mass is 9.87. The van der Waals surface area contributed by atoms with E-state index in [1.54, 1.807) is 0 Å². The van der Waals surface area contributed by atoms with Crippen molar-refractivity contribution in [2.24, 2.45) is 0 Å². The number of benzene rings is 1. The summed E-state index contributed by atoms with van der Waals surface area (Å²) in [6.07, 6.45) is 1.58. The van der Waals surface area contributed by atoms with E-state index in [4.69, 9.17) is 5.11 Å². The van der Waals surface area contributed by atoms with Gasteiger partial charge < -0.3 is 15.5 Å². The van der Waals surface area contributed by atoms with Crippen molar-refractivity contribution in [2.45, 2.75) is 24.9 Å². The summed E-state index contributed by atoms with van der Waals surface area (Å²) in [4.78, 5) is 0. The molecule has 1 aliphatic heterocycles. The summed E-state index contributed by atoms with van der Waals surface area (Å²) in [6, 6.07) is 7.88. The normalized spacial score (nSPS) is 23.0. The van der Waals surface area contributed by atoms with E-state index in [9.17, 15) is 5.11 Å². The van der Waals surface area contributed by atoms with Gasteiger partial charge in [-0.2, -0.15) is 0 Å². The number of nitrogens with one attached hydrogen (secondary N) is 1. The highest BCUT2D eigenvalue weighted by Crippen LogP contribution is 2.29. The summed E-state index contributed by atoms with van der Waals surface area (Å²) in [6.45, 7) is 1.84. The number of hydrogen-bond donors (Lipinski definition) is 3. The molecule has 3 N–H and O–H groups in total. The Hall–Kier alpha value is -0.900. The molecule has 0 radical (unpaired) electrons. The third-order valence-electron chi connectivity index (χ3n) is 3.26. The van der Waals surface area contributed by atoms with Crippen LogP contribution in [0.4, 0.5) is 0 Å². The molecule has 3 heteroatoms. The zero-order valence-electron chi connectivity index (χ0n) is 9.39. The molecule has 3 nitrogen and oxygen atoms in total. The first-order chi connectivity index (χ1) is 7.83. The number of aliphatic hydroxyl groups is 2. The molecule has 1 saturated heterocycles. The third kappa shape index (κ3) is 2.43. The van der Waals surface area contributed by atoms with Crippen LogP contribution in [0.25, 0.3) is 0 Å². The van der Waals surface area contributed by atoms with Gasteiger partial charge in [-0.1, -0.05) is 24.3 Å². The molecular formula is C13H19NO2. The zero-order chi connectivity index (χ0) is 11.4. The van der Waals surface area contributed by atoms with Crippen LogP contribution >= 0.6 is 0 Å². The highest BCUT2D eigenvalue weighted by molar-refractivity contribution is 5.32. The first-order valence-electron chi connectivity index (χ1n) is 5.91. The molecule has 1 aromatic rings. The Morgan fingerprint density at radius 1 is 1.38 bits per heavy atom. The second kappa shape index (κ2) is 5.43. The fourth-order valence-corrected chi connectivity index (χ4v) is 2.40. The van der Waals surface area contributed by atoms with Crippen molar-refractivity contribution < 1.29 is 10.2 Å². The number of rotatable bonds is 3. The van der Waals surface area contributed by atoms with E-state index in [0.717, 1.165) is 25.1 Å². The lowest BCUT2D eigenvalue weighted by Crippen LogP contribution is -2.29. The highest BCUT2D eigenvalue weighted by atomic mass is 16.3. The molecule has 1 fully saturated rings. The smallest absolute Gasteiger partial charge is 0.102 e. The van der Waals surface area contributed by atoms with Gasteiger partial charge in [0.25, 0.3) is 0 Å². The molecule has 16 heavy (non-hydrogen) atoms. The summed E-state index contributed by atoms with van der Waals surface area (Å²) >= 11 is 0. The Balaban J connectivity index is 2.24. The average Bonchev–Trinajstić information content (AvgIpc) is 2.39. The van der Waals surface area contributed by atoms with Gasteiger partial charge in [0.05, 0.1) is 6.61 Å². The molecule has 1 aliphatic rings. The van der Waals surface area contributed by atoms with Crippen LogP contribution in [0.1, 0.15) is 36.0 Å². The fourth-order valence-electron chi connectivity index (χ4n) is 2.40. The first-order valence-corrected chi connectivity index (χ1v) is 5.91. The molecule has 88 valence electrons. The maximum Gasteiger partial charge on any atom is 0.102 e. The van der Waals surface area contributed by atoms with E-state index in [0.29, 0.717) is 5.92 Å². The van der Waals surface area contributed by atoms with Crippen LogP contribution in [0.15, 0.2) is 24.3 Å². The molecule has 0 saturated carbocycles. The standard InChI is InChI=1S/C13H19NO2/c15-9-13(16)12-6-2-1-5-11(12)10-4-3-7-14-8-10/h1-2,5-6,10,13-16H,3-4,7-9H2. The van der Waals surface area contributed by atoms with Crippen LogP contribution in [0, 0.1) is 0 Å². The molecular weight excluding hydrogens is 202 g/mol. The minimum Gasteiger partial charge on any atom is -0.393 e.